The molecule has 4 heteroatoms. The smallest absolute Gasteiger partial charge is 0.303 e. The summed E-state index contributed by atoms with van der Waals surface area (Å²) in [7, 11) is 0. The minimum absolute atomic E-state index is 0.171. The van der Waals surface area contributed by atoms with Crippen LogP contribution in [0.15, 0.2) is 18.2 Å². The monoisotopic (exact) mass is 252 g/mol. The van der Waals surface area contributed by atoms with Gasteiger partial charge in [0.25, 0.3) is 0 Å². The van der Waals surface area contributed by atoms with E-state index in [2.05, 4.69) is 0 Å². The Labute approximate surface area is 108 Å². The van der Waals surface area contributed by atoms with E-state index < -0.39 is 5.97 Å². The lowest BCUT2D eigenvalue weighted by Gasteiger charge is -2.12. The molecular weight excluding hydrogens is 232 g/mol. The van der Waals surface area contributed by atoms with Crippen LogP contribution in [0.5, 0.6) is 11.5 Å². The predicted octanol–water partition coefficient (Wildman–Crippen LogP) is 2.89. The van der Waals surface area contributed by atoms with Crippen molar-refractivity contribution in [3.63, 3.8) is 0 Å². The molecule has 0 saturated heterocycles. The Morgan fingerprint density at radius 2 is 1.94 bits per heavy atom. The van der Waals surface area contributed by atoms with Gasteiger partial charge in [0, 0.05) is 6.42 Å². The van der Waals surface area contributed by atoms with Gasteiger partial charge in [0.15, 0.2) is 0 Å². The molecule has 0 aliphatic rings. The lowest BCUT2D eigenvalue weighted by molar-refractivity contribution is -0.137. The predicted molar refractivity (Wildman–Crippen MR) is 69.4 cm³/mol. The molecule has 0 spiro atoms. The second kappa shape index (κ2) is 7.58. The zero-order chi connectivity index (χ0) is 13.4. The minimum Gasteiger partial charge on any atom is -0.494 e. The highest BCUT2D eigenvalue weighted by atomic mass is 16.5. The quantitative estimate of drug-likeness (QED) is 0.773. The van der Waals surface area contributed by atoms with Crippen molar-refractivity contribution >= 4 is 5.97 Å². The molecule has 0 bridgehead atoms. The molecule has 1 rings (SSSR count). The lowest BCUT2D eigenvalue weighted by Crippen LogP contribution is -2.01. The first-order valence-electron chi connectivity index (χ1n) is 6.27. The van der Waals surface area contributed by atoms with Crippen molar-refractivity contribution in [1.29, 1.82) is 0 Å². The molecular formula is C14H20O4. The van der Waals surface area contributed by atoms with Gasteiger partial charge >= 0.3 is 5.97 Å². The van der Waals surface area contributed by atoms with Crippen LogP contribution in [-0.4, -0.2) is 24.3 Å². The van der Waals surface area contributed by atoms with Gasteiger partial charge in [0.05, 0.1) is 13.2 Å². The number of aliphatic carboxylic acids is 1. The molecule has 0 aliphatic carbocycles. The Bertz CT molecular complexity index is 387. The second-order valence-electron chi connectivity index (χ2n) is 3.88. The van der Waals surface area contributed by atoms with E-state index in [1.807, 2.05) is 32.0 Å². The fourth-order valence-electron chi connectivity index (χ4n) is 1.73. The number of ether oxygens (including phenoxy) is 2. The van der Waals surface area contributed by atoms with Crippen molar-refractivity contribution in [2.24, 2.45) is 0 Å². The molecule has 0 aliphatic heterocycles. The SMILES string of the molecule is CCOc1ccc(OCC)c(CCCC(=O)O)c1. The van der Waals surface area contributed by atoms with Gasteiger partial charge in [-0.15, -0.1) is 0 Å². The lowest BCUT2D eigenvalue weighted by atomic mass is 10.1. The van der Waals surface area contributed by atoms with E-state index >= 15 is 0 Å². The van der Waals surface area contributed by atoms with Gasteiger partial charge in [-0.1, -0.05) is 0 Å². The number of rotatable bonds is 8. The van der Waals surface area contributed by atoms with Crippen molar-refractivity contribution in [3.05, 3.63) is 23.8 Å². The van der Waals surface area contributed by atoms with Crippen LogP contribution in [0.4, 0.5) is 0 Å². The van der Waals surface area contributed by atoms with Crippen molar-refractivity contribution in [3.8, 4) is 11.5 Å². The maximum Gasteiger partial charge on any atom is 0.303 e. The fourth-order valence-corrected chi connectivity index (χ4v) is 1.73. The Balaban J connectivity index is 2.75. The van der Waals surface area contributed by atoms with Gasteiger partial charge < -0.3 is 14.6 Å². The van der Waals surface area contributed by atoms with Gasteiger partial charge in [0.1, 0.15) is 11.5 Å². The summed E-state index contributed by atoms with van der Waals surface area (Å²) in [6.45, 7) is 5.07. The third-order valence-corrected chi connectivity index (χ3v) is 2.48. The first kappa shape index (κ1) is 14.4. The Morgan fingerprint density at radius 3 is 2.56 bits per heavy atom. The molecule has 0 heterocycles. The number of carboxylic acids is 1. The van der Waals surface area contributed by atoms with Crippen molar-refractivity contribution in [1.82, 2.24) is 0 Å². The molecule has 0 amide bonds. The summed E-state index contributed by atoms with van der Waals surface area (Å²) in [6, 6.07) is 5.68. The normalized spacial score (nSPS) is 10.1. The third-order valence-electron chi connectivity index (χ3n) is 2.48. The van der Waals surface area contributed by atoms with Crippen LogP contribution in [0.3, 0.4) is 0 Å². The molecule has 1 aromatic rings. The number of hydrogen-bond donors (Lipinski definition) is 1. The highest BCUT2D eigenvalue weighted by molar-refractivity contribution is 5.66. The van der Waals surface area contributed by atoms with Crippen LogP contribution >= 0.6 is 0 Å². The number of aryl methyl sites for hydroxylation is 1. The average molecular weight is 252 g/mol. The van der Waals surface area contributed by atoms with Gasteiger partial charge in [-0.05, 0) is 50.5 Å². The average Bonchev–Trinajstić information content (AvgIpc) is 2.32. The maximum absolute atomic E-state index is 10.5. The Hall–Kier alpha value is -1.71. The molecule has 0 radical (unpaired) electrons. The highest BCUT2D eigenvalue weighted by Gasteiger charge is 2.07. The first-order valence-corrected chi connectivity index (χ1v) is 6.27. The molecule has 4 nitrogen and oxygen atoms in total. The van der Waals surface area contributed by atoms with E-state index in [9.17, 15) is 4.79 Å². The fraction of sp³-hybridized carbons (Fsp3) is 0.500. The molecule has 0 unspecified atom stereocenters. The van der Waals surface area contributed by atoms with Crippen LogP contribution in [0, 0.1) is 0 Å². The standard InChI is InChI=1S/C14H20O4/c1-3-17-12-8-9-13(18-4-2)11(10-12)6-5-7-14(15)16/h8-10H,3-7H2,1-2H3,(H,15,16). The van der Waals surface area contributed by atoms with Crippen LogP contribution in [0.25, 0.3) is 0 Å². The molecule has 100 valence electrons. The van der Waals surface area contributed by atoms with E-state index in [0.717, 1.165) is 17.1 Å². The van der Waals surface area contributed by atoms with Crippen molar-refractivity contribution in [2.45, 2.75) is 33.1 Å². The molecule has 1 aromatic carbocycles. The number of benzene rings is 1. The zero-order valence-corrected chi connectivity index (χ0v) is 10.9. The number of carbonyl (C=O) groups is 1. The zero-order valence-electron chi connectivity index (χ0n) is 10.9. The summed E-state index contributed by atoms with van der Waals surface area (Å²) in [6.07, 6.45) is 1.46. The molecule has 0 atom stereocenters. The van der Waals surface area contributed by atoms with E-state index in [0.29, 0.717) is 26.1 Å². The molecule has 18 heavy (non-hydrogen) atoms. The summed E-state index contributed by atoms with van der Waals surface area (Å²) >= 11 is 0. The van der Waals surface area contributed by atoms with Crippen molar-refractivity contribution < 1.29 is 19.4 Å². The highest BCUT2D eigenvalue weighted by Crippen LogP contribution is 2.26. The summed E-state index contributed by atoms with van der Waals surface area (Å²) in [5.41, 5.74) is 1.00. The van der Waals surface area contributed by atoms with Crippen LogP contribution in [-0.2, 0) is 11.2 Å². The van der Waals surface area contributed by atoms with E-state index in [4.69, 9.17) is 14.6 Å². The summed E-state index contributed by atoms with van der Waals surface area (Å²) in [5.74, 6) is 0.839. The van der Waals surface area contributed by atoms with Gasteiger partial charge in [-0.25, -0.2) is 0 Å². The largest absolute Gasteiger partial charge is 0.494 e. The number of carboxylic acid groups (broad SMARTS) is 1. The van der Waals surface area contributed by atoms with Crippen LogP contribution in [0.2, 0.25) is 0 Å². The molecule has 0 aromatic heterocycles. The molecule has 1 N–H and O–H groups in total. The second-order valence-corrected chi connectivity index (χ2v) is 3.88. The van der Waals surface area contributed by atoms with Gasteiger partial charge in [-0.3, -0.25) is 4.79 Å². The topological polar surface area (TPSA) is 55.8 Å². The Morgan fingerprint density at radius 1 is 1.22 bits per heavy atom. The first-order chi connectivity index (χ1) is 8.67. The third kappa shape index (κ3) is 4.65. The van der Waals surface area contributed by atoms with E-state index in [-0.39, 0.29) is 6.42 Å². The van der Waals surface area contributed by atoms with Crippen LogP contribution in [0.1, 0.15) is 32.3 Å². The summed E-state index contributed by atoms with van der Waals surface area (Å²) < 4.78 is 11.0. The molecule has 0 saturated carbocycles. The van der Waals surface area contributed by atoms with Gasteiger partial charge in [0.2, 0.25) is 0 Å². The summed E-state index contributed by atoms with van der Waals surface area (Å²) in [5, 5.41) is 8.65. The molecule has 0 fully saturated rings. The number of hydrogen-bond acceptors (Lipinski definition) is 3. The Kier molecular flexibility index (Phi) is 6.05. The van der Waals surface area contributed by atoms with E-state index in [1.165, 1.54) is 0 Å². The van der Waals surface area contributed by atoms with Crippen LogP contribution < -0.4 is 9.47 Å². The maximum atomic E-state index is 10.5. The van der Waals surface area contributed by atoms with Gasteiger partial charge in [-0.2, -0.15) is 0 Å². The van der Waals surface area contributed by atoms with E-state index in [1.54, 1.807) is 0 Å². The summed E-state index contributed by atoms with van der Waals surface area (Å²) in [4.78, 5) is 10.5. The minimum atomic E-state index is -0.770. The van der Waals surface area contributed by atoms with Crippen molar-refractivity contribution in [2.75, 3.05) is 13.2 Å².